The molecule has 4 rings (SSSR count). The van der Waals surface area contributed by atoms with Crippen molar-refractivity contribution in [2.24, 2.45) is 0 Å². The summed E-state index contributed by atoms with van der Waals surface area (Å²) in [7, 11) is 0. The highest BCUT2D eigenvalue weighted by molar-refractivity contribution is 5.88. The Morgan fingerprint density at radius 1 is 0.667 bits per heavy atom. The lowest BCUT2D eigenvalue weighted by molar-refractivity contribution is -0.274. The second-order valence-corrected chi connectivity index (χ2v) is 9.77. The van der Waals surface area contributed by atoms with Crippen molar-refractivity contribution in [3.8, 4) is 16.9 Å². The zero-order chi connectivity index (χ0) is 28.0. The van der Waals surface area contributed by atoms with Crippen LogP contribution in [0.4, 0.5) is 26.3 Å². The van der Waals surface area contributed by atoms with E-state index in [4.69, 9.17) is 0 Å². The maximum absolute atomic E-state index is 15.3. The van der Waals surface area contributed by atoms with Gasteiger partial charge in [0, 0.05) is 5.39 Å². The Morgan fingerprint density at radius 3 is 2.03 bits per heavy atom. The van der Waals surface area contributed by atoms with E-state index in [-0.39, 0.29) is 11.3 Å². The summed E-state index contributed by atoms with van der Waals surface area (Å²) in [5.74, 6) is -2.03. The maximum Gasteiger partial charge on any atom is 0.573 e. The van der Waals surface area contributed by atoms with E-state index in [1.165, 1.54) is 48.5 Å². The second-order valence-electron chi connectivity index (χ2n) is 9.77. The molecule has 0 amide bonds. The molecule has 0 N–H and O–H groups in total. The fraction of sp³-hybridized carbons (Fsp3) is 0.312. The molecule has 4 aromatic rings. The molecule has 0 fully saturated rings. The summed E-state index contributed by atoms with van der Waals surface area (Å²) in [5, 5.41) is 0.843. The van der Waals surface area contributed by atoms with Gasteiger partial charge in [-0.15, -0.1) is 13.2 Å². The van der Waals surface area contributed by atoms with Crippen molar-refractivity contribution >= 4 is 10.8 Å². The van der Waals surface area contributed by atoms with Crippen molar-refractivity contribution < 1.29 is 31.1 Å². The fourth-order valence-electron chi connectivity index (χ4n) is 4.80. The molecule has 206 valence electrons. The minimum absolute atomic E-state index is 0.130. The average molecular weight is 545 g/mol. The lowest BCUT2D eigenvalue weighted by atomic mass is 9.95. The number of hydrogen-bond donors (Lipinski definition) is 0. The van der Waals surface area contributed by atoms with Gasteiger partial charge in [0.05, 0.1) is 5.56 Å². The lowest BCUT2D eigenvalue weighted by Gasteiger charge is -2.12. The molecule has 0 atom stereocenters. The maximum atomic E-state index is 15.3. The van der Waals surface area contributed by atoms with Gasteiger partial charge < -0.3 is 4.74 Å². The first kappa shape index (κ1) is 28.5. The molecule has 0 saturated heterocycles. The van der Waals surface area contributed by atoms with Crippen LogP contribution in [0.2, 0.25) is 0 Å². The van der Waals surface area contributed by atoms with E-state index in [1.54, 1.807) is 18.2 Å². The summed E-state index contributed by atoms with van der Waals surface area (Å²) in [5.41, 5.74) is 2.00. The standard InChI is InChI=1S/C32H30F6O/c1-2-3-4-5-6-7-22-18-28(33)30(29(34)19-22)25-14-17-27-24(20-25)13-12-23(31(27)35)11-8-21-9-15-26(16-10-21)39-32(36,37)38/h9-10,12-20H,2-8,11H2,1H3. The average Bonchev–Trinajstić information content (AvgIpc) is 2.88. The summed E-state index contributed by atoms with van der Waals surface area (Å²) in [6.45, 7) is 2.13. The molecule has 0 aromatic heterocycles. The van der Waals surface area contributed by atoms with Crippen molar-refractivity contribution in [1.29, 1.82) is 0 Å². The van der Waals surface area contributed by atoms with Gasteiger partial charge in [0.1, 0.15) is 23.2 Å². The quantitative estimate of drug-likeness (QED) is 0.135. The van der Waals surface area contributed by atoms with E-state index in [1.807, 2.05) is 0 Å². The molecule has 7 heteroatoms. The second kappa shape index (κ2) is 12.6. The van der Waals surface area contributed by atoms with Crippen LogP contribution in [-0.2, 0) is 19.3 Å². The number of alkyl halides is 3. The molecular weight excluding hydrogens is 514 g/mol. The number of ether oxygens (including phenoxy) is 1. The molecule has 0 unspecified atom stereocenters. The number of fused-ring (bicyclic) bond motifs is 1. The molecule has 1 nitrogen and oxygen atoms in total. The van der Waals surface area contributed by atoms with Gasteiger partial charge in [0.2, 0.25) is 0 Å². The van der Waals surface area contributed by atoms with Crippen molar-refractivity contribution in [3.63, 3.8) is 0 Å². The Labute approximate surface area is 224 Å². The van der Waals surface area contributed by atoms with Crippen LogP contribution < -0.4 is 4.74 Å². The number of rotatable bonds is 11. The Hall–Kier alpha value is -3.48. The highest BCUT2D eigenvalue weighted by atomic mass is 19.4. The van der Waals surface area contributed by atoms with Crippen molar-refractivity contribution in [1.82, 2.24) is 0 Å². The van der Waals surface area contributed by atoms with E-state index in [0.29, 0.717) is 46.7 Å². The summed E-state index contributed by atoms with van der Waals surface area (Å²) in [4.78, 5) is 0. The summed E-state index contributed by atoms with van der Waals surface area (Å²) in [6, 6.07) is 16.2. The molecule has 0 heterocycles. The first-order chi connectivity index (χ1) is 18.6. The number of benzene rings is 4. The minimum Gasteiger partial charge on any atom is -0.406 e. The van der Waals surface area contributed by atoms with Gasteiger partial charge in [-0.1, -0.05) is 69.0 Å². The van der Waals surface area contributed by atoms with Crippen LogP contribution in [0, 0.1) is 17.5 Å². The first-order valence-corrected chi connectivity index (χ1v) is 13.2. The van der Waals surface area contributed by atoms with Crippen LogP contribution in [0.15, 0.2) is 66.7 Å². The Kier molecular flexibility index (Phi) is 9.20. The monoisotopic (exact) mass is 544 g/mol. The fourth-order valence-corrected chi connectivity index (χ4v) is 4.80. The summed E-state index contributed by atoms with van der Waals surface area (Å²) >= 11 is 0. The first-order valence-electron chi connectivity index (χ1n) is 13.2. The van der Waals surface area contributed by atoms with Crippen LogP contribution in [0.25, 0.3) is 21.9 Å². The Morgan fingerprint density at radius 2 is 1.36 bits per heavy atom. The third kappa shape index (κ3) is 7.55. The molecular formula is C32H30F6O. The molecule has 0 aliphatic carbocycles. The van der Waals surface area contributed by atoms with E-state index in [2.05, 4.69) is 11.7 Å². The molecule has 0 bridgehead atoms. The molecule has 0 saturated carbocycles. The van der Waals surface area contributed by atoms with Gasteiger partial charge in [-0.2, -0.15) is 0 Å². The number of hydrogen-bond acceptors (Lipinski definition) is 1. The van der Waals surface area contributed by atoms with Crippen LogP contribution in [-0.4, -0.2) is 6.36 Å². The van der Waals surface area contributed by atoms with Crippen LogP contribution in [0.5, 0.6) is 5.75 Å². The van der Waals surface area contributed by atoms with E-state index < -0.39 is 23.8 Å². The van der Waals surface area contributed by atoms with E-state index in [9.17, 15) is 22.0 Å². The van der Waals surface area contributed by atoms with Crippen LogP contribution >= 0.6 is 0 Å². The van der Waals surface area contributed by atoms with Gasteiger partial charge in [-0.05, 0) is 83.7 Å². The van der Waals surface area contributed by atoms with Crippen molar-refractivity contribution in [2.75, 3.05) is 0 Å². The Balaban J connectivity index is 1.47. The van der Waals surface area contributed by atoms with Gasteiger partial charge >= 0.3 is 6.36 Å². The third-order valence-corrected chi connectivity index (χ3v) is 6.83. The Bertz CT molecular complexity index is 1390. The van der Waals surface area contributed by atoms with Gasteiger partial charge in [0.25, 0.3) is 0 Å². The van der Waals surface area contributed by atoms with Gasteiger partial charge in [-0.25, -0.2) is 13.2 Å². The summed E-state index contributed by atoms with van der Waals surface area (Å²) in [6.07, 6.45) is 1.91. The van der Waals surface area contributed by atoms with Gasteiger partial charge in [-0.3, -0.25) is 0 Å². The number of unbranched alkanes of at least 4 members (excludes halogenated alkanes) is 4. The van der Waals surface area contributed by atoms with E-state index in [0.717, 1.165) is 37.7 Å². The minimum atomic E-state index is -4.76. The normalized spacial score (nSPS) is 11.8. The predicted octanol–water partition coefficient (Wildman–Crippen LogP) is 10.1. The summed E-state index contributed by atoms with van der Waals surface area (Å²) < 4.78 is 86.1. The van der Waals surface area contributed by atoms with Crippen LogP contribution in [0.1, 0.15) is 55.7 Å². The zero-order valence-electron chi connectivity index (χ0n) is 21.7. The number of halogens is 6. The molecule has 0 aliphatic rings. The molecule has 39 heavy (non-hydrogen) atoms. The zero-order valence-corrected chi connectivity index (χ0v) is 21.7. The molecule has 0 spiro atoms. The lowest BCUT2D eigenvalue weighted by Crippen LogP contribution is -2.17. The highest BCUT2D eigenvalue weighted by Gasteiger charge is 2.31. The SMILES string of the molecule is CCCCCCCc1cc(F)c(-c2ccc3c(F)c(CCc4ccc(OC(F)(F)F)cc4)ccc3c2)c(F)c1. The third-order valence-electron chi connectivity index (χ3n) is 6.83. The largest absolute Gasteiger partial charge is 0.573 e. The van der Waals surface area contributed by atoms with Crippen molar-refractivity contribution in [3.05, 3.63) is 101 Å². The van der Waals surface area contributed by atoms with Gasteiger partial charge in [0.15, 0.2) is 0 Å². The molecule has 0 radical (unpaired) electrons. The topological polar surface area (TPSA) is 9.23 Å². The predicted molar refractivity (Wildman–Crippen MR) is 142 cm³/mol. The van der Waals surface area contributed by atoms with Crippen molar-refractivity contribution in [2.45, 2.75) is 64.7 Å². The molecule has 4 aromatic carbocycles. The molecule has 0 aliphatic heterocycles. The smallest absolute Gasteiger partial charge is 0.406 e. The number of aryl methyl sites for hydroxylation is 3. The highest BCUT2D eigenvalue weighted by Crippen LogP contribution is 2.32. The van der Waals surface area contributed by atoms with E-state index >= 15 is 4.39 Å². The van der Waals surface area contributed by atoms with Crippen LogP contribution in [0.3, 0.4) is 0 Å².